The topological polar surface area (TPSA) is 128 Å². The van der Waals surface area contributed by atoms with Gasteiger partial charge in [-0.1, -0.05) is 0 Å². The molecule has 0 saturated carbocycles. The predicted octanol–water partition coefficient (Wildman–Crippen LogP) is 0.413. The number of ether oxygens (including phenoxy) is 2. The Bertz CT molecular complexity index is 1140. The van der Waals surface area contributed by atoms with Gasteiger partial charge in [-0.05, 0) is 19.1 Å². The maximum absolute atomic E-state index is 12.4. The van der Waals surface area contributed by atoms with E-state index in [9.17, 15) is 9.90 Å². The highest BCUT2D eigenvalue weighted by molar-refractivity contribution is 6.05. The van der Waals surface area contributed by atoms with E-state index in [0.29, 0.717) is 61.3 Å². The van der Waals surface area contributed by atoms with E-state index >= 15 is 0 Å². The second-order valence-corrected chi connectivity index (χ2v) is 7.79. The first-order valence-electron chi connectivity index (χ1n) is 9.79. The van der Waals surface area contributed by atoms with Crippen LogP contribution in [-0.4, -0.2) is 69.1 Å². The van der Waals surface area contributed by atoms with Crippen LogP contribution in [0.5, 0.6) is 5.88 Å². The summed E-state index contributed by atoms with van der Waals surface area (Å²) >= 11 is 0. The number of hydrogen-bond acceptors (Lipinski definition) is 8. The van der Waals surface area contributed by atoms with Gasteiger partial charge in [-0.3, -0.25) is 4.79 Å². The summed E-state index contributed by atoms with van der Waals surface area (Å²) in [6, 6.07) is 3.67. The van der Waals surface area contributed by atoms with Crippen molar-refractivity contribution in [2.45, 2.75) is 18.9 Å². The average Bonchev–Trinajstić information content (AvgIpc) is 3.30. The first-order chi connectivity index (χ1) is 14.5. The molecule has 10 nitrogen and oxygen atoms in total. The molecule has 3 aromatic heterocycles. The van der Waals surface area contributed by atoms with Crippen LogP contribution in [-0.2, 0) is 11.2 Å². The normalized spacial score (nSPS) is 20.9. The zero-order valence-corrected chi connectivity index (χ0v) is 16.5. The summed E-state index contributed by atoms with van der Waals surface area (Å²) in [4.78, 5) is 23.5. The van der Waals surface area contributed by atoms with Gasteiger partial charge in [0.15, 0.2) is 5.65 Å². The number of rotatable bonds is 4. The third kappa shape index (κ3) is 2.96. The lowest BCUT2D eigenvalue weighted by Gasteiger charge is -2.29. The summed E-state index contributed by atoms with van der Waals surface area (Å²) in [6.07, 6.45) is 3.82. The number of nitrogens with two attached hydrogens (primary N) is 1. The quantitative estimate of drug-likeness (QED) is 0.633. The van der Waals surface area contributed by atoms with Crippen LogP contribution in [0.4, 0.5) is 5.82 Å². The number of nitrogens with zero attached hydrogens (tertiary/aromatic N) is 5. The first kappa shape index (κ1) is 18.8. The number of anilines is 1. The number of hydrogen-bond donors (Lipinski definition) is 2. The minimum Gasteiger partial charge on any atom is -0.468 e. The summed E-state index contributed by atoms with van der Waals surface area (Å²) in [7, 11) is 0. The molecule has 5 heterocycles. The summed E-state index contributed by atoms with van der Waals surface area (Å²) in [5, 5.41) is 14.4. The molecule has 3 N–H and O–H groups in total. The first-order valence-corrected chi connectivity index (χ1v) is 9.79. The molecule has 10 heteroatoms. The highest BCUT2D eigenvalue weighted by Gasteiger charge is 2.37. The van der Waals surface area contributed by atoms with E-state index in [0.717, 1.165) is 5.56 Å². The number of fused-ring (bicyclic) bond motifs is 2. The molecule has 1 saturated heterocycles. The van der Waals surface area contributed by atoms with Crippen LogP contribution >= 0.6 is 0 Å². The molecule has 0 aromatic carbocycles. The summed E-state index contributed by atoms with van der Waals surface area (Å²) in [5.41, 5.74) is 7.58. The molecule has 0 spiro atoms. The lowest BCUT2D eigenvalue weighted by atomic mass is 9.98. The van der Waals surface area contributed by atoms with E-state index in [1.54, 1.807) is 23.0 Å². The van der Waals surface area contributed by atoms with Gasteiger partial charge in [-0.15, -0.1) is 0 Å². The Labute approximate surface area is 172 Å². The van der Waals surface area contributed by atoms with Gasteiger partial charge in [0.05, 0.1) is 19.8 Å². The fourth-order valence-electron chi connectivity index (χ4n) is 4.00. The lowest BCUT2D eigenvalue weighted by Crippen LogP contribution is -2.37. The Balaban J connectivity index is 1.74. The van der Waals surface area contributed by atoms with Crippen LogP contribution in [0.3, 0.4) is 0 Å². The fraction of sp³-hybridized carbons (Fsp3) is 0.400. The van der Waals surface area contributed by atoms with Gasteiger partial charge < -0.3 is 25.2 Å². The van der Waals surface area contributed by atoms with E-state index < -0.39 is 11.5 Å². The highest BCUT2D eigenvalue weighted by atomic mass is 16.5. The Morgan fingerprint density at radius 1 is 1.37 bits per heavy atom. The zero-order chi connectivity index (χ0) is 20.9. The van der Waals surface area contributed by atoms with Gasteiger partial charge in [0, 0.05) is 43.0 Å². The smallest absolute Gasteiger partial charge is 0.254 e. The van der Waals surface area contributed by atoms with Crippen molar-refractivity contribution in [3.8, 4) is 17.1 Å². The molecule has 1 atom stereocenters. The van der Waals surface area contributed by atoms with Gasteiger partial charge >= 0.3 is 0 Å². The fourth-order valence-corrected chi connectivity index (χ4v) is 4.00. The molecule has 0 bridgehead atoms. The Hall–Kier alpha value is -3.24. The van der Waals surface area contributed by atoms with Crippen molar-refractivity contribution in [2.75, 3.05) is 37.8 Å². The second-order valence-electron chi connectivity index (χ2n) is 7.79. The highest BCUT2D eigenvalue weighted by Crippen LogP contribution is 2.41. The van der Waals surface area contributed by atoms with Crippen molar-refractivity contribution in [3.05, 3.63) is 35.7 Å². The molecular weight excluding hydrogens is 388 g/mol. The van der Waals surface area contributed by atoms with Crippen molar-refractivity contribution in [1.29, 1.82) is 0 Å². The van der Waals surface area contributed by atoms with Crippen LogP contribution in [0.25, 0.3) is 16.9 Å². The monoisotopic (exact) mass is 410 g/mol. The lowest BCUT2D eigenvalue weighted by molar-refractivity contribution is 0.0416. The maximum Gasteiger partial charge on any atom is 0.254 e. The third-order valence-electron chi connectivity index (χ3n) is 5.49. The average molecular weight is 410 g/mol. The molecule has 0 radical (unpaired) electrons. The molecule has 2 aliphatic heterocycles. The number of carbonyl (C=O) groups is 1. The largest absolute Gasteiger partial charge is 0.468 e. The number of aliphatic hydroxyl groups excluding tert-OH is 1. The van der Waals surface area contributed by atoms with Crippen molar-refractivity contribution < 1.29 is 19.4 Å². The van der Waals surface area contributed by atoms with E-state index in [1.165, 1.54) is 0 Å². The van der Waals surface area contributed by atoms with E-state index in [1.807, 2.05) is 13.0 Å². The van der Waals surface area contributed by atoms with Gasteiger partial charge in [-0.2, -0.15) is 10.1 Å². The molecule has 3 aromatic rings. The number of aliphatic hydroxyl groups is 1. The molecule has 0 aliphatic carbocycles. The van der Waals surface area contributed by atoms with E-state index in [-0.39, 0.29) is 12.2 Å². The molecule has 156 valence electrons. The van der Waals surface area contributed by atoms with Crippen molar-refractivity contribution in [2.24, 2.45) is 5.73 Å². The van der Waals surface area contributed by atoms with E-state index in [2.05, 4.69) is 15.0 Å². The molecule has 1 unspecified atom stereocenters. The second kappa shape index (κ2) is 6.92. The number of carbonyl (C=O) groups excluding carboxylic acids is 1. The van der Waals surface area contributed by atoms with Crippen LogP contribution in [0.2, 0.25) is 0 Å². The van der Waals surface area contributed by atoms with Crippen LogP contribution in [0.1, 0.15) is 22.8 Å². The predicted molar refractivity (Wildman–Crippen MR) is 108 cm³/mol. The SMILES string of the molecule is CC1(CO)Cc2cc(-c3nn4cccnc4c3C(N)=O)c(N3CCOCC3)nc2O1. The Morgan fingerprint density at radius 2 is 2.17 bits per heavy atom. The third-order valence-corrected chi connectivity index (χ3v) is 5.49. The summed E-state index contributed by atoms with van der Waals surface area (Å²) < 4.78 is 13.0. The molecule has 1 fully saturated rings. The number of pyridine rings is 1. The number of morpholine rings is 1. The summed E-state index contributed by atoms with van der Waals surface area (Å²) in [5.74, 6) is 0.521. The van der Waals surface area contributed by atoms with Gasteiger partial charge in [0.2, 0.25) is 5.88 Å². The molecule has 5 rings (SSSR count). The van der Waals surface area contributed by atoms with Crippen LogP contribution in [0, 0.1) is 0 Å². The molecule has 2 aliphatic rings. The number of aromatic nitrogens is 4. The zero-order valence-electron chi connectivity index (χ0n) is 16.5. The van der Waals surface area contributed by atoms with Crippen LogP contribution in [0.15, 0.2) is 24.5 Å². The molecule has 1 amide bonds. The Morgan fingerprint density at radius 3 is 2.90 bits per heavy atom. The Kier molecular flexibility index (Phi) is 4.33. The van der Waals surface area contributed by atoms with Crippen LogP contribution < -0.4 is 15.4 Å². The van der Waals surface area contributed by atoms with Crippen molar-refractivity contribution in [1.82, 2.24) is 19.6 Å². The standard InChI is InChI=1S/C20H22N6O4/c1-20(11-27)10-12-9-13(17(23-19(12)30-20)25-5-7-29-8-6-25)15-14(16(21)28)18-22-3-2-4-26(18)24-15/h2-4,9,27H,5-8,10-11H2,1H3,(H2,21,28). The minimum absolute atomic E-state index is 0.129. The van der Waals surface area contributed by atoms with Crippen molar-refractivity contribution >= 4 is 17.4 Å². The van der Waals surface area contributed by atoms with Gasteiger partial charge in [0.1, 0.15) is 22.7 Å². The van der Waals surface area contributed by atoms with E-state index in [4.69, 9.17) is 20.2 Å². The minimum atomic E-state index is -0.733. The number of amides is 1. The van der Waals surface area contributed by atoms with Crippen molar-refractivity contribution in [3.63, 3.8) is 0 Å². The maximum atomic E-state index is 12.4. The van der Waals surface area contributed by atoms with Gasteiger partial charge in [-0.25, -0.2) is 9.50 Å². The molecular formula is C20H22N6O4. The number of primary amides is 1. The molecule has 30 heavy (non-hydrogen) atoms. The van der Waals surface area contributed by atoms with Gasteiger partial charge in [0.25, 0.3) is 5.91 Å². The summed E-state index contributed by atoms with van der Waals surface area (Å²) in [6.45, 7) is 4.15.